The van der Waals surface area contributed by atoms with E-state index in [1.165, 1.54) is 11.6 Å². The summed E-state index contributed by atoms with van der Waals surface area (Å²) in [5.74, 6) is -0.268. The van der Waals surface area contributed by atoms with E-state index in [1.807, 2.05) is 35.8 Å². The molecule has 4 aromatic rings. The van der Waals surface area contributed by atoms with Gasteiger partial charge >= 0.3 is 0 Å². The second-order valence-electron chi connectivity index (χ2n) is 8.12. The number of aryl methyl sites for hydroxylation is 1. The molecule has 0 atom stereocenters. The van der Waals surface area contributed by atoms with Gasteiger partial charge in [-0.05, 0) is 67.7 Å². The van der Waals surface area contributed by atoms with E-state index in [2.05, 4.69) is 29.6 Å². The zero-order valence-electron chi connectivity index (χ0n) is 18.2. The molecule has 0 aliphatic heterocycles. The van der Waals surface area contributed by atoms with E-state index in [4.69, 9.17) is 0 Å². The predicted molar refractivity (Wildman–Crippen MR) is 126 cm³/mol. The maximum absolute atomic E-state index is 15.6. The van der Waals surface area contributed by atoms with E-state index < -0.39 is 0 Å². The Bertz CT molecular complexity index is 1200. The van der Waals surface area contributed by atoms with Crippen LogP contribution in [0.4, 0.5) is 8.78 Å². The summed E-state index contributed by atoms with van der Waals surface area (Å²) < 4.78 is 29.7. The molecule has 32 heavy (non-hydrogen) atoms. The van der Waals surface area contributed by atoms with Crippen molar-refractivity contribution in [2.75, 3.05) is 19.8 Å². The summed E-state index contributed by atoms with van der Waals surface area (Å²) in [5, 5.41) is 13.6. The number of hydrogen-bond donors (Lipinski definition) is 2. The summed E-state index contributed by atoms with van der Waals surface area (Å²) >= 11 is 0. The Morgan fingerprint density at radius 2 is 1.69 bits per heavy atom. The van der Waals surface area contributed by atoms with Crippen LogP contribution in [0.5, 0.6) is 5.75 Å². The van der Waals surface area contributed by atoms with Crippen LogP contribution in [0.3, 0.4) is 0 Å². The van der Waals surface area contributed by atoms with Gasteiger partial charge in [-0.2, -0.15) is 0 Å². The molecule has 166 valence electrons. The molecule has 0 saturated carbocycles. The number of fused-ring (bicyclic) bond motifs is 1. The number of hydrogen-bond acceptors (Lipinski definition) is 2. The summed E-state index contributed by atoms with van der Waals surface area (Å²) in [6.07, 6.45) is 1.42. The third-order valence-electron chi connectivity index (χ3n) is 5.83. The van der Waals surface area contributed by atoms with Crippen LogP contribution in [0.25, 0.3) is 22.2 Å². The van der Waals surface area contributed by atoms with Crippen LogP contribution in [0.1, 0.15) is 23.1 Å². The number of nitrogens with one attached hydrogen (secondary N) is 1. The first-order chi connectivity index (χ1) is 15.6. The van der Waals surface area contributed by atoms with Gasteiger partial charge in [-0.15, -0.1) is 0 Å². The number of halogens is 2. The zero-order chi connectivity index (χ0) is 22.5. The number of alkyl halides is 1. The SMILES string of the molecule is Cc1ccccc1-c1c(F)c2cc(O)ccc2n1Cc1ccc(CCNCCCF)cc1. The highest BCUT2D eigenvalue weighted by Crippen LogP contribution is 2.36. The van der Waals surface area contributed by atoms with Crippen LogP contribution in [0.2, 0.25) is 0 Å². The van der Waals surface area contributed by atoms with Gasteiger partial charge in [0.05, 0.1) is 17.9 Å². The lowest BCUT2D eigenvalue weighted by Crippen LogP contribution is -2.18. The van der Waals surface area contributed by atoms with Crippen LogP contribution < -0.4 is 5.32 Å². The van der Waals surface area contributed by atoms with Crippen molar-refractivity contribution in [3.8, 4) is 17.0 Å². The molecule has 0 bridgehead atoms. The minimum atomic E-state index is -0.318. The van der Waals surface area contributed by atoms with Gasteiger partial charge in [-0.3, -0.25) is 4.39 Å². The topological polar surface area (TPSA) is 37.2 Å². The van der Waals surface area contributed by atoms with Gasteiger partial charge in [-0.25, -0.2) is 4.39 Å². The van der Waals surface area contributed by atoms with Gasteiger partial charge in [0.15, 0.2) is 5.82 Å². The molecule has 0 saturated heterocycles. The molecule has 0 spiro atoms. The Labute approximate surface area is 187 Å². The molecule has 1 aromatic heterocycles. The fourth-order valence-corrected chi connectivity index (χ4v) is 4.11. The average molecular weight is 435 g/mol. The third-order valence-corrected chi connectivity index (χ3v) is 5.83. The standard InChI is InChI=1S/C27H28F2N2O/c1-19-5-2-3-6-23(19)27-26(29)24-17-22(32)11-12-25(24)31(27)18-21-9-7-20(8-10-21)13-16-30-15-4-14-28/h2-3,5-12,17,30,32H,4,13-16,18H2,1H3. The van der Waals surface area contributed by atoms with E-state index in [1.54, 1.807) is 12.1 Å². The quantitative estimate of drug-likeness (QED) is 0.317. The second-order valence-corrected chi connectivity index (χ2v) is 8.12. The molecule has 1 heterocycles. The molecule has 0 aliphatic carbocycles. The largest absolute Gasteiger partial charge is 0.508 e. The van der Waals surface area contributed by atoms with Gasteiger partial charge in [0.25, 0.3) is 0 Å². The molecule has 5 heteroatoms. The number of aromatic hydroxyl groups is 1. The van der Waals surface area contributed by atoms with Gasteiger partial charge in [0.1, 0.15) is 5.75 Å². The minimum Gasteiger partial charge on any atom is -0.508 e. The highest BCUT2D eigenvalue weighted by Gasteiger charge is 2.20. The minimum absolute atomic E-state index is 0.0503. The lowest BCUT2D eigenvalue weighted by molar-refractivity contribution is 0.460. The van der Waals surface area contributed by atoms with Gasteiger partial charge < -0.3 is 15.0 Å². The van der Waals surface area contributed by atoms with Crippen molar-refractivity contribution < 1.29 is 13.9 Å². The molecular formula is C27H28F2N2O. The first-order valence-electron chi connectivity index (χ1n) is 11.0. The highest BCUT2D eigenvalue weighted by atomic mass is 19.1. The smallest absolute Gasteiger partial charge is 0.156 e. The molecule has 3 aromatic carbocycles. The number of nitrogens with zero attached hydrogens (tertiary/aromatic N) is 1. The molecule has 0 amide bonds. The van der Waals surface area contributed by atoms with E-state index in [-0.39, 0.29) is 18.2 Å². The molecule has 0 fully saturated rings. The van der Waals surface area contributed by atoms with Crippen LogP contribution in [0, 0.1) is 12.7 Å². The van der Waals surface area contributed by atoms with E-state index >= 15 is 4.39 Å². The lowest BCUT2D eigenvalue weighted by atomic mass is 10.0. The van der Waals surface area contributed by atoms with Gasteiger partial charge in [0, 0.05) is 17.5 Å². The Balaban J connectivity index is 1.64. The van der Waals surface area contributed by atoms with Crippen molar-refractivity contribution in [1.29, 1.82) is 0 Å². The van der Waals surface area contributed by atoms with Gasteiger partial charge in [-0.1, -0.05) is 48.5 Å². The first-order valence-corrected chi connectivity index (χ1v) is 11.0. The monoisotopic (exact) mass is 434 g/mol. The number of benzene rings is 3. The Kier molecular flexibility index (Phi) is 6.86. The van der Waals surface area contributed by atoms with E-state index in [0.717, 1.165) is 35.2 Å². The van der Waals surface area contributed by atoms with Crippen LogP contribution >= 0.6 is 0 Å². The van der Waals surface area contributed by atoms with Crippen molar-refractivity contribution in [1.82, 2.24) is 9.88 Å². The fraction of sp³-hybridized carbons (Fsp3) is 0.259. The molecular weight excluding hydrogens is 406 g/mol. The maximum Gasteiger partial charge on any atom is 0.156 e. The predicted octanol–water partition coefficient (Wildman–Crippen LogP) is 6.00. The number of rotatable bonds is 9. The molecule has 0 radical (unpaired) electrons. The summed E-state index contributed by atoms with van der Waals surface area (Å²) in [4.78, 5) is 0. The Morgan fingerprint density at radius 1 is 0.938 bits per heavy atom. The zero-order valence-corrected chi connectivity index (χ0v) is 18.2. The highest BCUT2D eigenvalue weighted by molar-refractivity contribution is 5.89. The van der Waals surface area contributed by atoms with Crippen molar-refractivity contribution in [2.24, 2.45) is 0 Å². The van der Waals surface area contributed by atoms with E-state index in [9.17, 15) is 9.50 Å². The van der Waals surface area contributed by atoms with Crippen molar-refractivity contribution in [2.45, 2.75) is 26.3 Å². The summed E-state index contributed by atoms with van der Waals surface area (Å²) in [7, 11) is 0. The molecule has 0 unspecified atom stereocenters. The average Bonchev–Trinajstić information content (AvgIpc) is 3.06. The molecule has 4 rings (SSSR count). The van der Waals surface area contributed by atoms with Crippen molar-refractivity contribution in [3.63, 3.8) is 0 Å². The van der Waals surface area contributed by atoms with Crippen LogP contribution in [-0.2, 0) is 13.0 Å². The van der Waals surface area contributed by atoms with Crippen molar-refractivity contribution >= 4 is 10.9 Å². The Hall–Kier alpha value is -3.18. The second kappa shape index (κ2) is 9.96. The molecule has 0 aliphatic rings. The normalized spacial score (nSPS) is 11.3. The summed E-state index contributed by atoms with van der Waals surface area (Å²) in [6, 6.07) is 20.9. The lowest BCUT2D eigenvalue weighted by Gasteiger charge is -2.13. The number of aromatic nitrogens is 1. The van der Waals surface area contributed by atoms with Crippen LogP contribution in [-0.4, -0.2) is 29.4 Å². The third kappa shape index (κ3) is 4.68. The number of phenolic OH excluding ortho intramolecular Hbond substituents is 1. The molecule has 3 nitrogen and oxygen atoms in total. The van der Waals surface area contributed by atoms with Crippen LogP contribution in [0.15, 0.2) is 66.7 Å². The van der Waals surface area contributed by atoms with E-state index in [0.29, 0.717) is 30.6 Å². The maximum atomic E-state index is 15.6. The fourth-order valence-electron chi connectivity index (χ4n) is 4.11. The first kappa shape index (κ1) is 22.0. The summed E-state index contributed by atoms with van der Waals surface area (Å²) in [5.41, 5.74) is 5.39. The summed E-state index contributed by atoms with van der Waals surface area (Å²) in [6.45, 7) is 3.71. The van der Waals surface area contributed by atoms with Crippen molar-refractivity contribution in [3.05, 3.63) is 89.2 Å². The number of phenols is 1. The van der Waals surface area contributed by atoms with Gasteiger partial charge in [0.2, 0.25) is 0 Å². The molecule has 2 N–H and O–H groups in total. The Morgan fingerprint density at radius 3 is 2.44 bits per heavy atom.